The second kappa shape index (κ2) is 9.02. The van der Waals surface area contributed by atoms with E-state index in [-0.39, 0.29) is 5.57 Å². The molecule has 0 atom stereocenters. The maximum absolute atomic E-state index is 12.7. The summed E-state index contributed by atoms with van der Waals surface area (Å²) in [6.07, 6.45) is 3.62. The lowest BCUT2D eigenvalue weighted by molar-refractivity contribution is -0.112. The van der Waals surface area contributed by atoms with Crippen molar-refractivity contribution in [1.82, 2.24) is 4.57 Å². The average Bonchev–Trinajstić information content (AvgIpc) is 3.15. The lowest BCUT2D eigenvalue weighted by Gasteiger charge is -2.06. The van der Waals surface area contributed by atoms with E-state index in [1.807, 2.05) is 54.7 Å². The van der Waals surface area contributed by atoms with Crippen LogP contribution < -0.4 is 10.1 Å². The molecule has 0 unspecified atom stereocenters. The molecule has 1 heterocycles. The van der Waals surface area contributed by atoms with E-state index in [1.165, 1.54) is 5.56 Å². The van der Waals surface area contributed by atoms with Gasteiger partial charge in [0.2, 0.25) is 0 Å². The maximum atomic E-state index is 12.7. The van der Waals surface area contributed by atoms with Crippen molar-refractivity contribution < 1.29 is 9.53 Å². The monoisotopic (exact) mass is 407 g/mol. The predicted molar refractivity (Wildman–Crippen MR) is 123 cm³/mol. The van der Waals surface area contributed by atoms with Crippen molar-refractivity contribution in [2.75, 3.05) is 12.4 Å². The molecular weight excluding hydrogens is 386 g/mol. The van der Waals surface area contributed by atoms with E-state index in [1.54, 1.807) is 37.5 Å². The minimum absolute atomic E-state index is 0.0328. The van der Waals surface area contributed by atoms with Gasteiger partial charge in [0.05, 0.1) is 7.11 Å². The fraction of sp³-hybridized carbons (Fsp3) is 0.0769. The van der Waals surface area contributed by atoms with Gasteiger partial charge in [0.15, 0.2) is 0 Å². The number of para-hydroxylation sites is 1. The van der Waals surface area contributed by atoms with E-state index in [9.17, 15) is 10.1 Å². The molecule has 0 spiro atoms. The van der Waals surface area contributed by atoms with Gasteiger partial charge in [-0.25, -0.2) is 0 Å². The van der Waals surface area contributed by atoms with Gasteiger partial charge in [0.1, 0.15) is 17.4 Å². The highest BCUT2D eigenvalue weighted by atomic mass is 16.5. The molecule has 0 saturated carbocycles. The number of carbonyl (C=O) groups excluding carboxylic acids is 1. The van der Waals surface area contributed by atoms with Gasteiger partial charge in [0, 0.05) is 41.0 Å². The first-order valence-electron chi connectivity index (χ1n) is 9.87. The van der Waals surface area contributed by atoms with E-state index in [2.05, 4.69) is 22.0 Å². The van der Waals surface area contributed by atoms with E-state index in [4.69, 9.17) is 4.74 Å². The largest absolute Gasteiger partial charge is 0.497 e. The molecule has 1 N–H and O–H groups in total. The first kappa shape index (κ1) is 20.0. The summed E-state index contributed by atoms with van der Waals surface area (Å²) in [5, 5.41) is 13.4. The molecule has 3 aromatic carbocycles. The van der Waals surface area contributed by atoms with Crippen molar-refractivity contribution in [3.05, 3.63) is 102 Å². The molecule has 31 heavy (non-hydrogen) atoms. The molecule has 4 aromatic rings. The third-order valence-electron chi connectivity index (χ3n) is 5.01. The number of methoxy groups -OCH3 is 1. The lowest BCUT2D eigenvalue weighted by atomic mass is 10.1. The Kier molecular flexibility index (Phi) is 5.82. The Hall–Kier alpha value is -4.30. The number of carbonyl (C=O) groups is 1. The third-order valence-corrected chi connectivity index (χ3v) is 5.01. The number of benzene rings is 3. The van der Waals surface area contributed by atoms with Crippen LogP contribution in [-0.2, 0) is 11.3 Å². The van der Waals surface area contributed by atoms with Crippen LogP contribution in [0.5, 0.6) is 5.75 Å². The number of aromatic nitrogens is 1. The zero-order chi connectivity index (χ0) is 21.6. The molecule has 0 aliphatic carbocycles. The molecule has 5 nitrogen and oxygen atoms in total. The van der Waals surface area contributed by atoms with Gasteiger partial charge in [-0.3, -0.25) is 4.79 Å². The summed E-state index contributed by atoms with van der Waals surface area (Å²) >= 11 is 0. The normalized spacial score (nSPS) is 11.2. The minimum Gasteiger partial charge on any atom is -0.497 e. The minimum atomic E-state index is -0.462. The summed E-state index contributed by atoms with van der Waals surface area (Å²) in [5.74, 6) is 0.167. The summed E-state index contributed by atoms with van der Waals surface area (Å²) in [4.78, 5) is 12.7. The first-order valence-corrected chi connectivity index (χ1v) is 9.87. The topological polar surface area (TPSA) is 67.0 Å². The van der Waals surface area contributed by atoms with E-state index in [0.717, 1.165) is 16.5 Å². The molecule has 0 aliphatic heterocycles. The number of ether oxygens (including phenoxy) is 1. The van der Waals surface area contributed by atoms with Crippen LogP contribution in [0, 0.1) is 11.3 Å². The van der Waals surface area contributed by atoms with Crippen molar-refractivity contribution in [2.24, 2.45) is 0 Å². The van der Waals surface area contributed by atoms with Crippen LogP contribution in [-0.4, -0.2) is 17.6 Å². The smallest absolute Gasteiger partial charge is 0.266 e. The van der Waals surface area contributed by atoms with Gasteiger partial charge in [-0.1, -0.05) is 54.6 Å². The van der Waals surface area contributed by atoms with Crippen LogP contribution in [0.15, 0.2) is 90.6 Å². The van der Waals surface area contributed by atoms with E-state index in [0.29, 0.717) is 18.0 Å². The Bertz CT molecular complexity index is 1300. The number of rotatable bonds is 6. The molecule has 5 heteroatoms. The van der Waals surface area contributed by atoms with Gasteiger partial charge in [-0.05, 0) is 29.8 Å². The predicted octanol–water partition coefficient (Wildman–Crippen LogP) is 5.24. The number of fused-ring (bicyclic) bond motifs is 1. The van der Waals surface area contributed by atoms with Gasteiger partial charge in [0.25, 0.3) is 5.91 Å². The number of nitrogens with zero attached hydrogens (tertiary/aromatic N) is 2. The van der Waals surface area contributed by atoms with Gasteiger partial charge in [-0.2, -0.15) is 5.26 Å². The van der Waals surface area contributed by atoms with E-state index < -0.39 is 5.91 Å². The number of hydrogen-bond donors (Lipinski definition) is 1. The molecule has 1 aromatic heterocycles. The molecule has 0 bridgehead atoms. The Labute approximate surface area is 180 Å². The summed E-state index contributed by atoms with van der Waals surface area (Å²) in [7, 11) is 1.56. The molecule has 1 amide bonds. The Morgan fingerprint density at radius 3 is 2.61 bits per heavy atom. The van der Waals surface area contributed by atoms with Crippen molar-refractivity contribution >= 4 is 28.6 Å². The molecule has 0 fully saturated rings. The maximum Gasteiger partial charge on any atom is 0.266 e. The average molecular weight is 407 g/mol. The van der Waals surface area contributed by atoms with Crippen molar-refractivity contribution in [1.29, 1.82) is 5.26 Å². The van der Waals surface area contributed by atoms with E-state index >= 15 is 0 Å². The van der Waals surface area contributed by atoms with Gasteiger partial charge < -0.3 is 14.6 Å². The summed E-state index contributed by atoms with van der Waals surface area (Å²) in [6.45, 7) is 0.701. The number of anilines is 1. The number of hydrogen-bond acceptors (Lipinski definition) is 3. The fourth-order valence-corrected chi connectivity index (χ4v) is 3.50. The third kappa shape index (κ3) is 4.49. The second-order valence-electron chi connectivity index (χ2n) is 7.07. The highest BCUT2D eigenvalue weighted by Crippen LogP contribution is 2.25. The second-order valence-corrected chi connectivity index (χ2v) is 7.07. The molecule has 4 rings (SSSR count). The molecule has 0 saturated heterocycles. The van der Waals surface area contributed by atoms with Gasteiger partial charge >= 0.3 is 0 Å². The van der Waals surface area contributed by atoms with Crippen molar-refractivity contribution in [3.8, 4) is 11.8 Å². The summed E-state index contributed by atoms with van der Waals surface area (Å²) < 4.78 is 7.32. The fourth-order valence-electron chi connectivity index (χ4n) is 3.50. The Morgan fingerprint density at radius 1 is 1.06 bits per heavy atom. The zero-order valence-electron chi connectivity index (χ0n) is 17.1. The highest BCUT2D eigenvalue weighted by molar-refractivity contribution is 6.10. The zero-order valence-corrected chi connectivity index (χ0v) is 17.1. The van der Waals surface area contributed by atoms with Crippen LogP contribution in [0.2, 0.25) is 0 Å². The van der Waals surface area contributed by atoms with Crippen LogP contribution >= 0.6 is 0 Å². The van der Waals surface area contributed by atoms with Crippen molar-refractivity contribution in [2.45, 2.75) is 6.54 Å². The first-order chi connectivity index (χ1) is 15.2. The summed E-state index contributed by atoms with van der Waals surface area (Å²) in [6, 6.07) is 27.2. The molecular formula is C26H21N3O2. The quantitative estimate of drug-likeness (QED) is 0.351. The van der Waals surface area contributed by atoms with Crippen LogP contribution in [0.3, 0.4) is 0 Å². The Balaban J connectivity index is 1.66. The highest BCUT2D eigenvalue weighted by Gasteiger charge is 2.13. The SMILES string of the molecule is COc1cccc(NC(=O)/C(C#N)=C\c2cn(Cc3ccccc3)c3ccccc23)c1. The van der Waals surface area contributed by atoms with Crippen molar-refractivity contribution in [3.63, 3.8) is 0 Å². The number of nitriles is 1. The molecule has 0 aliphatic rings. The van der Waals surface area contributed by atoms with Gasteiger partial charge in [-0.15, -0.1) is 0 Å². The molecule has 152 valence electrons. The molecule has 0 radical (unpaired) electrons. The number of nitrogens with one attached hydrogen (secondary N) is 1. The van der Waals surface area contributed by atoms with Crippen LogP contribution in [0.4, 0.5) is 5.69 Å². The van der Waals surface area contributed by atoms with Crippen LogP contribution in [0.1, 0.15) is 11.1 Å². The lowest BCUT2D eigenvalue weighted by Crippen LogP contribution is -2.13. The van der Waals surface area contributed by atoms with Crippen LogP contribution in [0.25, 0.3) is 17.0 Å². The standard InChI is InChI=1S/C26H21N3O2/c1-31-23-11-7-10-22(15-23)28-26(30)20(16-27)14-21-18-29(17-19-8-3-2-4-9-19)25-13-6-5-12-24(21)25/h2-15,18H,17H2,1H3,(H,28,30)/b20-14-. The Morgan fingerprint density at radius 2 is 1.84 bits per heavy atom. The number of amides is 1. The summed E-state index contributed by atoms with van der Waals surface area (Å²) in [5.41, 5.74) is 3.64.